The highest BCUT2D eigenvalue weighted by molar-refractivity contribution is 5.75. The highest BCUT2D eigenvalue weighted by Gasteiger charge is 2.12. The summed E-state index contributed by atoms with van der Waals surface area (Å²) in [5.74, 6) is 0. The zero-order valence-electron chi connectivity index (χ0n) is 11.8. The quantitative estimate of drug-likeness (QED) is 0.914. The minimum absolute atomic E-state index is 0.0726. The number of nitrogens with one attached hydrogen (secondary N) is 1. The molecule has 0 aromatic heterocycles. The molecule has 3 heteroatoms. The fourth-order valence-corrected chi connectivity index (χ4v) is 2.41. The second-order valence-corrected chi connectivity index (χ2v) is 5.02. The van der Waals surface area contributed by atoms with Crippen LogP contribution >= 0.6 is 0 Å². The summed E-state index contributed by atoms with van der Waals surface area (Å²) >= 11 is 0. The van der Waals surface area contributed by atoms with Crippen LogP contribution in [0.4, 0.5) is 0 Å². The molecule has 2 aromatic carbocycles. The van der Waals surface area contributed by atoms with Crippen molar-refractivity contribution in [1.82, 2.24) is 5.32 Å². The van der Waals surface area contributed by atoms with E-state index in [1.165, 1.54) is 0 Å². The van der Waals surface area contributed by atoms with Gasteiger partial charge in [0.15, 0.2) is 0 Å². The van der Waals surface area contributed by atoms with Gasteiger partial charge in [0, 0.05) is 0 Å². The number of dihydropyridines is 1. The summed E-state index contributed by atoms with van der Waals surface area (Å²) in [4.78, 5) is 0. The number of nitrogens with zero attached hydrogens (tertiary/aromatic N) is 2. The van der Waals surface area contributed by atoms with Crippen molar-refractivity contribution in [2.24, 2.45) is 0 Å². The van der Waals surface area contributed by atoms with E-state index in [1.807, 2.05) is 60.8 Å². The number of hydrogen-bond donors (Lipinski definition) is 1. The largest absolute Gasteiger partial charge is 0.381 e. The third kappa shape index (κ3) is 2.75. The molecule has 0 bridgehead atoms. The molecule has 1 heterocycles. The summed E-state index contributed by atoms with van der Waals surface area (Å²) in [6.45, 7) is 0. The van der Waals surface area contributed by atoms with Gasteiger partial charge in [-0.05, 0) is 59.3 Å². The predicted octanol–water partition coefficient (Wildman–Crippen LogP) is 3.67. The van der Waals surface area contributed by atoms with Crippen LogP contribution in [-0.4, -0.2) is 0 Å². The first-order valence-corrected chi connectivity index (χ1v) is 6.95. The first kappa shape index (κ1) is 13.7. The van der Waals surface area contributed by atoms with Crippen molar-refractivity contribution in [2.75, 3.05) is 0 Å². The Kier molecular flexibility index (Phi) is 3.72. The van der Waals surface area contributed by atoms with Crippen LogP contribution in [0.25, 0.3) is 5.57 Å². The summed E-state index contributed by atoms with van der Waals surface area (Å²) in [5.41, 5.74) is 4.61. The molecule has 3 rings (SSSR count). The Labute approximate surface area is 129 Å². The van der Waals surface area contributed by atoms with Crippen LogP contribution in [0.3, 0.4) is 0 Å². The van der Waals surface area contributed by atoms with E-state index in [0.717, 1.165) is 16.7 Å². The third-order valence-corrected chi connectivity index (χ3v) is 3.63. The predicted molar refractivity (Wildman–Crippen MR) is 85.3 cm³/mol. The molecule has 0 fully saturated rings. The minimum Gasteiger partial charge on any atom is -0.381 e. The molecule has 104 valence electrons. The molecule has 0 spiro atoms. The Bertz CT molecular complexity index is 813. The van der Waals surface area contributed by atoms with Gasteiger partial charge in [-0.1, -0.05) is 24.3 Å². The fourth-order valence-electron chi connectivity index (χ4n) is 2.41. The zero-order valence-corrected chi connectivity index (χ0v) is 11.8. The number of rotatable bonds is 2. The van der Waals surface area contributed by atoms with E-state index in [4.69, 9.17) is 10.5 Å². The van der Waals surface area contributed by atoms with Crippen LogP contribution in [0.15, 0.2) is 66.9 Å². The van der Waals surface area contributed by atoms with Crippen LogP contribution in [0.5, 0.6) is 0 Å². The van der Waals surface area contributed by atoms with Gasteiger partial charge in [0.1, 0.15) is 0 Å². The van der Waals surface area contributed by atoms with Gasteiger partial charge in [0.05, 0.1) is 29.3 Å². The van der Waals surface area contributed by atoms with Gasteiger partial charge in [-0.15, -0.1) is 0 Å². The van der Waals surface area contributed by atoms with Crippen LogP contribution in [0.1, 0.15) is 28.3 Å². The summed E-state index contributed by atoms with van der Waals surface area (Å²) in [6.07, 6.45) is 6.08. The first-order valence-electron chi connectivity index (χ1n) is 6.95. The second kappa shape index (κ2) is 5.99. The molecule has 1 N–H and O–H groups in total. The van der Waals surface area contributed by atoms with Gasteiger partial charge < -0.3 is 5.32 Å². The second-order valence-electron chi connectivity index (χ2n) is 5.02. The summed E-state index contributed by atoms with van der Waals surface area (Å²) in [7, 11) is 0. The molecule has 0 radical (unpaired) electrons. The van der Waals surface area contributed by atoms with Crippen LogP contribution in [0, 0.1) is 22.7 Å². The van der Waals surface area contributed by atoms with E-state index < -0.39 is 0 Å². The normalized spacial score (nSPS) is 16.1. The number of nitriles is 2. The van der Waals surface area contributed by atoms with Crippen molar-refractivity contribution in [3.8, 4) is 12.1 Å². The standard InChI is InChI=1S/C19H13N3/c20-12-14-1-5-16(6-2-14)18-9-10-22-19(11-18)17-7-3-15(13-21)4-8-17/h1-11,19,22H. The van der Waals surface area contributed by atoms with E-state index in [0.29, 0.717) is 11.1 Å². The molecule has 0 saturated heterocycles. The number of hydrogen-bond acceptors (Lipinski definition) is 3. The average Bonchev–Trinajstić information content (AvgIpc) is 2.62. The Hall–Kier alpha value is -3.30. The minimum atomic E-state index is 0.0726. The van der Waals surface area contributed by atoms with Crippen molar-refractivity contribution < 1.29 is 0 Å². The van der Waals surface area contributed by atoms with Crippen LogP contribution < -0.4 is 5.32 Å². The first-order chi connectivity index (χ1) is 10.8. The molecule has 3 nitrogen and oxygen atoms in total. The maximum atomic E-state index is 8.86. The SMILES string of the molecule is N#Cc1ccc(C2=CC(c3ccc(C#N)cc3)NC=C2)cc1. The van der Waals surface area contributed by atoms with Crippen molar-refractivity contribution in [2.45, 2.75) is 6.04 Å². The monoisotopic (exact) mass is 283 g/mol. The average molecular weight is 283 g/mol. The van der Waals surface area contributed by atoms with Crippen LogP contribution in [0.2, 0.25) is 0 Å². The molecule has 0 aliphatic carbocycles. The van der Waals surface area contributed by atoms with E-state index in [2.05, 4.69) is 23.5 Å². The van der Waals surface area contributed by atoms with E-state index in [1.54, 1.807) is 0 Å². The molecule has 1 unspecified atom stereocenters. The fraction of sp³-hybridized carbons (Fsp3) is 0.0526. The smallest absolute Gasteiger partial charge is 0.0991 e. The Morgan fingerprint density at radius 1 is 0.818 bits per heavy atom. The van der Waals surface area contributed by atoms with Crippen molar-refractivity contribution >= 4 is 5.57 Å². The molecule has 2 aromatic rings. The Balaban J connectivity index is 1.88. The molecular formula is C19H13N3. The Morgan fingerprint density at radius 3 is 2.00 bits per heavy atom. The molecule has 1 atom stereocenters. The Morgan fingerprint density at radius 2 is 1.41 bits per heavy atom. The van der Waals surface area contributed by atoms with Crippen molar-refractivity contribution in [1.29, 1.82) is 10.5 Å². The maximum Gasteiger partial charge on any atom is 0.0991 e. The van der Waals surface area contributed by atoms with Crippen LogP contribution in [-0.2, 0) is 0 Å². The lowest BCUT2D eigenvalue weighted by atomic mass is 9.96. The van der Waals surface area contributed by atoms with Crippen molar-refractivity contribution in [3.63, 3.8) is 0 Å². The molecule has 22 heavy (non-hydrogen) atoms. The maximum absolute atomic E-state index is 8.86. The zero-order chi connectivity index (χ0) is 15.4. The van der Waals surface area contributed by atoms with Gasteiger partial charge in [-0.25, -0.2) is 0 Å². The summed E-state index contributed by atoms with van der Waals surface area (Å²) < 4.78 is 0. The molecule has 0 saturated carbocycles. The molecule has 1 aliphatic heterocycles. The van der Waals surface area contributed by atoms with Gasteiger partial charge in [-0.2, -0.15) is 10.5 Å². The highest BCUT2D eigenvalue weighted by atomic mass is 14.9. The molecule has 0 amide bonds. The van der Waals surface area contributed by atoms with Crippen molar-refractivity contribution in [3.05, 3.63) is 89.1 Å². The lowest BCUT2D eigenvalue weighted by Gasteiger charge is -2.20. The topological polar surface area (TPSA) is 59.6 Å². The third-order valence-electron chi connectivity index (χ3n) is 3.63. The lowest BCUT2D eigenvalue weighted by Crippen LogP contribution is -2.16. The van der Waals surface area contributed by atoms with Gasteiger partial charge >= 0.3 is 0 Å². The number of allylic oxidation sites excluding steroid dienone is 2. The van der Waals surface area contributed by atoms with Gasteiger partial charge in [0.2, 0.25) is 0 Å². The van der Waals surface area contributed by atoms with Gasteiger partial charge in [-0.3, -0.25) is 0 Å². The lowest BCUT2D eigenvalue weighted by molar-refractivity contribution is 0.749. The van der Waals surface area contributed by atoms with Gasteiger partial charge in [0.25, 0.3) is 0 Å². The van der Waals surface area contributed by atoms with E-state index in [9.17, 15) is 0 Å². The number of benzene rings is 2. The summed E-state index contributed by atoms with van der Waals surface area (Å²) in [6, 6.07) is 19.4. The summed E-state index contributed by atoms with van der Waals surface area (Å²) in [5, 5.41) is 21.0. The van der Waals surface area contributed by atoms with E-state index in [-0.39, 0.29) is 6.04 Å². The highest BCUT2D eigenvalue weighted by Crippen LogP contribution is 2.26. The molecular weight excluding hydrogens is 270 g/mol. The van der Waals surface area contributed by atoms with E-state index >= 15 is 0 Å². The molecule has 1 aliphatic rings.